The Hall–Kier alpha value is -2.63. The lowest BCUT2D eigenvalue weighted by atomic mass is 10.2. The number of aromatic nitrogens is 1. The standard InChI is InChI=1S/C18H19FN2O3/c1-23-17-11-20-15(10-16(17)24-12-6-2-3-7-12)18(22)21-14-9-5-4-8-13(14)19/h4-5,8-12H,2-3,6-7H2,1H3,(H,21,22). The molecule has 0 aliphatic heterocycles. The molecule has 1 amide bonds. The number of hydrogen-bond donors (Lipinski definition) is 1. The number of nitrogens with zero attached hydrogens (tertiary/aromatic N) is 1. The number of amides is 1. The summed E-state index contributed by atoms with van der Waals surface area (Å²) < 4.78 is 24.8. The molecule has 0 bridgehead atoms. The van der Waals surface area contributed by atoms with Gasteiger partial charge in [0.25, 0.3) is 5.91 Å². The second-order valence-electron chi connectivity index (χ2n) is 5.68. The zero-order valence-corrected chi connectivity index (χ0v) is 13.4. The Balaban J connectivity index is 1.79. The molecule has 0 saturated heterocycles. The predicted molar refractivity (Wildman–Crippen MR) is 88.0 cm³/mol. The fourth-order valence-corrected chi connectivity index (χ4v) is 2.73. The number of hydrogen-bond acceptors (Lipinski definition) is 4. The van der Waals surface area contributed by atoms with E-state index in [4.69, 9.17) is 9.47 Å². The van der Waals surface area contributed by atoms with Crippen molar-refractivity contribution in [2.24, 2.45) is 0 Å². The third kappa shape index (κ3) is 3.64. The maximum absolute atomic E-state index is 13.7. The molecule has 24 heavy (non-hydrogen) atoms. The van der Waals surface area contributed by atoms with Crippen LogP contribution in [0.2, 0.25) is 0 Å². The Labute approximate surface area is 139 Å². The highest BCUT2D eigenvalue weighted by molar-refractivity contribution is 6.03. The predicted octanol–water partition coefficient (Wildman–Crippen LogP) is 3.80. The van der Waals surface area contributed by atoms with Crippen molar-refractivity contribution in [1.82, 2.24) is 4.98 Å². The first-order valence-electron chi connectivity index (χ1n) is 7.94. The average Bonchev–Trinajstić information content (AvgIpc) is 3.10. The number of benzene rings is 1. The van der Waals surface area contributed by atoms with Gasteiger partial charge in [-0.2, -0.15) is 0 Å². The highest BCUT2D eigenvalue weighted by Gasteiger charge is 2.20. The maximum Gasteiger partial charge on any atom is 0.274 e. The Morgan fingerprint density at radius 3 is 2.71 bits per heavy atom. The van der Waals surface area contributed by atoms with E-state index < -0.39 is 11.7 Å². The Bertz CT molecular complexity index is 730. The number of para-hydroxylation sites is 1. The van der Waals surface area contributed by atoms with Crippen LogP contribution in [-0.2, 0) is 0 Å². The minimum absolute atomic E-state index is 0.110. The van der Waals surface area contributed by atoms with Crippen molar-refractivity contribution in [3.05, 3.63) is 48.0 Å². The Kier molecular flexibility index (Phi) is 4.93. The molecular weight excluding hydrogens is 311 g/mol. The number of carbonyl (C=O) groups is 1. The van der Waals surface area contributed by atoms with Crippen LogP contribution >= 0.6 is 0 Å². The summed E-state index contributed by atoms with van der Waals surface area (Å²) in [5.41, 5.74) is 0.255. The van der Waals surface area contributed by atoms with Crippen molar-refractivity contribution in [2.75, 3.05) is 12.4 Å². The van der Waals surface area contributed by atoms with Crippen LogP contribution in [0, 0.1) is 5.82 Å². The van der Waals surface area contributed by atoms with Crippen LogP contribution in [0.15, 0.2) is 36.5 Å². The van der Waals surface area contributed by atoms with Crippen LogP contribution < -0.4 is 14.8 Å². The van der Waals surface area contributed by atoms with Gasteiger partial charge in [0.15, 0.2) is 11.5 Å². The second-order valence-corrected chi connectivity index (χ2v) is 5.68. The molecular formula is C18H19FN2O3. The van der Waals surface area contributed by atoms with Crippen LogP contribution in [0.5, 0.6) is 11.5 Å². The van der Waals surface area contributed by atoms with E-state index in [0.717, 1.165) is 25.7 Å². The van der Waals surface area contributed by atoms with E-state index in [2.05, 4.69) is 10.3 Å². The Morgan fingerprint density at radius 2 is 2.00 bits per heavy atom. The van der Waals surface area contributed by atoms with E-state index in [1.165, 1.54) is 31.5 Å². The van der Waals surface area contributed by atoms with Crippen molar-refractivity contribution in [2.45, 2.75) is 31.8 Å². The van der Waals surface area contributed by atoms with Gasteiger partial charge in [-0.1, -0.05) is 12.1 Å². The number of anilines is 1. The summed E-state index contributed by atoms with van der Waals surface area (Å²) in [4.78, 5) is 16.4. The lowest BCUT2D eigenvalue weighted by molar-refractivity contribution is 0.102. The third-order valence-corrected chi connectivity index (χ3v) is 4.00. The quantitative estimate of drug-likeness (QED) is 0.906. The lowest BCUT2D eigenvalue weighted by Crippen LogP contribution is -2.16. The van der Waals surface area contributed by atoms with Gasteiger partial charge < -0.3 is 14.8 Å². The SMILES string of the molecule is COc1cnc(C(=O)Nc2ccccc2F)cc1OC1CCCC1. The molecule has 1 heterocycles. The van der Waals surface area contributed by atoms with Gasteiger partial charge in [0.2, 0.25) is 0 Å². The van der Waals surface area contributed by atoms with E-state index in [1.54, 1.807) is 12.1 Å². The van der Waals surface area contributed by atoms with Crippen molar-refractivity contribution >= 4 is 11.6 Å². The molecule has 1 aliphatic rings. The second kappa shape index (κ2) is 7.29. The summed E-state index contributed by atoms with van der Waals surface area (Å²) in [6.07, 6.45) is 5.83. The van der Waals surface area contributed by atoms with Crippen LogP contribution in [0.25, 0.3) is 0 Å². The van der Waals surface area contributed by atoms with E-state index in [0.29, 0.717) is 11.5 Å². The van der Waals surface area contributed by atoms with Crippen molar-refractivity contribution in [3.63, 3.8) is 0 Å². The molecule has 2 aromatic rings. The van der Waals surface area contributed by atoms with E-state index in [1.807, 2.05) is 0 Å². The monoisotopic (exact) mass is 330 g/mol. The number of nitrogens with one attached hydrogen (secondary N) is 1. The zero-order chi connectivity index (χ0) is 16.9. The molecule has 1 fully saturated rings. The first-order valence-corrected chi connectivity index (χ1v) is 7.94. The van der Waals surface area contributed by atoms with Crippen molar-refractivity contribution in [3.8, 4) is 11.5 Å². The molecule has 1 N–H and O–H groups in total. The van der Waals surface area contributed by atoms with Crippen LogP contribution in [0.3, 0.4) is 0 Å². The third-order valence-electron chi connectivity index (χ3n) is 4.00. The van der Waals surface area contributed by atoms with Gasteiger partial charge in [-0.3, -0.25) is 4.79 Å². The Morgan fingerprint density at radius 1 is 1.25 bits per heavy atom. The maximum atomic E-state index is 13.7. The molecule has 126 valence electrons. The molecule has 0 unspecified atom stereocenters. The largest absolute Gasteiger partial charge is 0.491 e. The molecule has 1 aromatic heterocycles. The summed E-state index contributed by atoms with van der Waals surface area (Å²) in [6.45, 7) is 0. The summed E-state index contributed by atoms with van der Waals surface area (Å²) in [6, 6.07) is 7.52. The number of ether oxygens (including phenoxy) is 2. The van der Waals surface area contributed by atoms with Crippen LogP contribution in [0.1, 0.15) is 36.2 Å². The van der Waals surface area contributed by atoms with Gasteiger partial charge >= 0.3 is 0 Å². The van der Waals surface area contributed by atoms with E-state index in [9.17, 15) is 9.18 Å². The number of pyridine rings is 1. The highest BCUT2D eigenvalue weighted by Crippen LogP contribution is 2.31. The number of halogens is 1. The molecule has 0 radical (unpaired) electrons. The molecule has 1 saturated carbocycles. The van der Waals surface area contributed by atoms with Crippen LogP contribution in [-0.4, -0.2) is 24.1 Å². The first-order chi connectivity index (χ1) is 11.7. The number of rotatable bonds is 5. The fourth-order valence-electron chi connectivity index (χ4n) is 2.73. The van der Waals surface area contributed by atoms with Crippen molar-refractivity contribution < 1.29 is 18.7 Å². The van der Waals surface area contributed by atoms with Gasteiger partial charge in [0, 0.05) is 6.07 Å². The molecule has 6 heteroatoms. The summed E-state index contributed by atoms with van der Waals surface area (Å²) in [5, 5.41) is 2.51. The number of carbonyl (C=O) groups excluding carboxylic acids is 1. The first kappa shape index (κ1) is 16.2. The normalized spacial score (nSPS) is 14.4. The fraction of sp³-hybridized carbons (Fsp3) is 0.333. The topological polar surface area (TPSA) is 60.5 Å². The van der Waals surface area contributed by atoms with Gasteiger partial charge in [0.1, 0.15) is 11.5 Å². The van der Waals surface area contributed by atoms with Gasteiger partial charge in [0.05, 0.1) is 25.1 Å². The minimum Gasteiger partial charge on any atom is -0.491 e. The molecule has 5 nitrogen and oxygen atoms in total. The molecule has 0 atom stereocenters. The minimum atomic E-state index is -0.501. The smallest absolute Gasteiger partial charge is 0.274 e. The molecule has 0 spiro atoms. The van der Waals surface area contributed by atoms with Gasteiger partial charge in [-0.05, 0) is 37.8 Å². The summed E-state index contributed by atoms with van der Waals surface area (Å²) in [7, 11) is 1.53. The summed E-state index contributed by atoms with van der Waals surface area (Å²) >= 11 is 0. The molecule has 3 rings (SSSR count). The molecule has 1 aromatic carbocycles. The van der Waals surface area contributed by atoms with Gasteiger partial charge in [-0.25, -0.2) is 9.37 Å². The summed E-state index contributed by atoms with van der Waals surface area (Å²) in [5.74, 6) is -0.0387. The highest BCUT2D eigenvalue weighted by atomic mass is 19.1. The van der Waals surface area contributed by atoms with Crippen LogP contribution in [0.4, 0.5) is 10.1 Å². The average molecular weight is 330 g/mol. The zero-order valence-electron chi connectivity index (χ0n) is 13.4. The van der Waals surface area contributed by atoms with E-state index in [-0.39, 0.29) is 17.5 Å². The number of methoxy groups -OCH3 is 1. The van der Waals surface area contributed by atoms with Gasteiger partial charge in [-0.15, -0.1) is 0 Å². The molecule has 1 aliphatic carbocycles. The lowest BCUT2D eigenvalue weighted by Gasteiger charge is -2.16. The van der Waals surface area contributed by atoms with E-state index >= 15 is 0 Å². The van der Waals surface area contributed by atoms with Crippen molar-refractivity contribution in [1.29, 1.82) is 0 Å².